The third-order valence-electron chi connectivity index (χ3n) is 10.9. The van der Waals surface area contributed by atoms with Crippen molar-refractivity contribution in [1.29, 1.82) is 0 Å². The second kappa shape index (κ2) is 11.2. The number of benzene rings is 2. The van der Waals surface area contributed by atoms with Crippen molar-refractivity contribution >= 4 is 14.4 Å². The Morgan fingerprint density at radius 3 is 1.63 bits per heavy atom. The van der Waals surface area contributed by atoms with E-state index in [0.717, 1.165) is 0 Å². The van der Waals surface area contributed by atoms with Gasteiger partial charge in [-0.15, -0.1) is 0 Å². The van der Waals surface area contributed by atoms with E-state index in [0.29, 0.717) is 3.63 Å². The Kier molecular flexibility index (Phi) is 8.63. The molecule has 43 heavy (non-hydrogen) atoms. The van der Waals surface area contributed by atoms with Crippen LogP contribution in [-0.4, -0.2) is 3.21 Å². The molecule has 0 heterocycles. The minimum Gasteiger partial charge on any atom is -1.00 e. The summed E-state index contributed by atoms with van der Waals surface area (Å²) in [5.41, 5.74) is 17.4. The molecule has 5 aliphatic carbocycles. The third-order valence-corrected chi connectivity index (χ3v) is 19.5. The maximum absolute atomic E-state index is 2.71. The van der Waals surface area contributed by atoms with Gasteiger partial charge in [0, 0.05) is 0 Å². The fourth-order valence-electron chi connectivity index (χ4n) is 8.87. The Hall–Kier alpha value is -1.27. The molecule has 0 spiro atoms. The van der Waals surface area contributed by atoms with Crippen LogP contribution in [0.4, 0.5) is 0 Å². The summed E-state index contributed by atoms with van der Waals surface area (Å²) in [6.45, 7) is 21.5. The zero-order valence-corrected chi connectivity index (χ0v) is 31.7. The maximum atomic E-state index is 2.71. The zero-order chi connectivity index (χ0) is 29.1. The Bertz CT molecular complexity index is 1590. The van der Waals surface area contributed by atoms with Gasteiger partial charge in [0.1, 0.15) is 0 Å². The minimum absolute atomic E-state index is 0. The smallest absolute Gasteiger partial charge is 1.00 e. The van der Waals surface area contributed by atoms with Crippen LogP contribution < -0.4 is 24.8 Å². The molecule has 0 atom stereocenters. The Morgan fingerprint density at radius 2 is 1.19 bits per heavy atom. The topological polar surface area (TPSA) is 0 Å². The van der Waals surface area contributed by atoms with Crippen molar-refractivity contribution in [1.82, 2.24) is 0 Å². The van der Waals surface area contributed by atoms with Gasteiger partial charge in [0.2, 0.25) is 0 Å². The fourth-order valence-corrected chi connectivity index (χ4v) is 18.4. The van der Waals surface area contributed by atoms with Crippen LogP contribution >= 0.6 is 0 Å². The third kappa shape index (κ3) is 5.27. The summed E-state index contributed by atoms with van der Waals surface area (Å²) >= 11 is -2.30. The van der Waals surface area contributed by atoms with Gasteiger partial charge in [-0.05, 0) is 0 Å². The molecule has 3 heteroatoms. The van der Waals surface area contributed by atoms with E-state index in [9.17, 15) is 0 Å². The van der Waals surface area contributed by atoms with Crippen LogP contribution in [0, 0.1) is 5.41 Å². The molecule has 0 aromatic heterocycles. The first-order chi connectivity index (χ1) is 19.3. The summed E-state index contributed by atoms with van der Waals surface area (Å²) in [4.78, 5) is 0. The van der Waals surface area contributed by atoms with Crippen molar-refractivity contribution in [3.63, 3.8) is 0 Å². The molecule has 0 radical (unpaired) electrons. The van der Waals surface area contributed by atoms with Gasteiger partial charge < -0.3 is 24.8 Å². The molecule has 0 saturated heterocycles. The number of rotatable bonds is 2. The summed E-state index contributed by atoms with van der Waals surface area (Å²) in [7, 11) is 0. The monoisotopic (exact) mass is 688 g/mol. The molecule has 5 aliphatic rings. The normalized spacial score (nSPS) is 20.8. The minimum atomic E-state index is -2.30. The summed E-state index contributed by atoms with van der Waals surface area (Å²) in [6, 6.07) is 10.6. The predicted octanol–water partition coefficient (Wildman–Crippen LogP) is 5.17. The van der Waals surface area contributed by atoms with Crippen LogP contribution in [-0.2, 0) is 32.1 Å². The van der Waals surface area contributed by atoms with Crippen molar-refractivity contribution in [3.8, 4) is 11.1 Å². The molecule has 0 N–H and O–H groups in total. The molecule has 2 aromatic rings. The Balaban J connectivity index is 0.00000184. The first kappa shape index (κ1) is 33.1. The van der Waals surface area contributed by atoms with E-state index in [1.807, 2.05) is 6.49 Å². The van der Waals surface area contributed by atoms with Crippen LogP contribution in [0.3, 0.4) is 0 Å². The molecular weight excluding hydrogens is 643 g/mol. The fraction of sp³-hybridized carbons (Fsp3) is 0.475. The summed E-state index contributed by atoms with van der Waals surface area (Å²) < 4.78 is 4.47. The van der Waals surface area contributed by atoms with Crippen LogP contribution in [0.1, 0.15) is 138 Å². The number of allylic oxidation sites excluding steroid dienone is 8. The number of hydrogen-bond acceptors (Lipinski definition) is 0. The van der Waals surface area contributed by atoms with E-state index < -0.39 is 21.3 Å². The average Bonchev–Trinajstić information content (AvgIpc) is 3.61. The first-order valence-electron chi connectivity index (χ1n) is 16.2. The average molecular weight is 691 g/mol. The van der Waals surface area contributed by atoms with Gasteiger partial charge in [-0.2, -0.15) is 0 Å². The molecule has 1 fully saturated rings. The van der Waals surface area contributed by atoms with Gasteiger partial charge >= 0.3 is 258 Å². The molecule has 2 aromatic carbocycles. The molecule has 0 amide bonds. The molecule has 0 bridgehead atoms. The number of halogens is 2. The van der Waals surface area contributed by atoms with Crippen molar-refractivity contribution in [2.24, 2.45) is 5.41 Å². The Labute approximate surface area is 281 Å². The Morgan fingerprint density at radius 1 is 0.698 bits per heavy atom. The zero-order valence-electron chi connectivity index (χ0n) is 27.7. The van der Waals surface area contributed by atoms with E-state index in [1.54, 1.807) is 39.0 Å². The van der Waals surface area contributed by atoms with E-state index in [-0.39, 0.29) is 41.1 Å². The molecule has 0 unspecified atom stereocenters. The van der Waals surface area contributed by atoms with E-state index in [1.165, 1.54) is 60.8 Å². The van der Waals surface area contributed by atoms with Gasteiger partial charge in [0.15, 0.2) is 0 Å². The number of fused-ring (bicyclic) bond motifs is 5. The summed E-state index contributed by atoms with van der Waals surface area (Å²) in [5.74, 6) is 0. The molecule has 226 valence electrons. The molecule has 7 rings (SSSR count). The van der Waals surface area contributed by atoms with E-state index in [4.69, 9.17) is 0 Å². The van der Waals surface area contributed by atoms with E-state index >= 15 is 0 Å². The van der Waals surface area contributed by atoms with Crippen LogP contribution in [0.5, 0.6) is 0 Å². The standard InChI is InChI=1S/C25H25.C9H13.C6H10.2ClH.Zr/c1-14-12-24(3,4)22-8-16-7-17-9-23-19(15(2)13-25(23,5)6)11-21(17)20(16)10-18(14)22;1-9(2,3)8-6-4-5-7-8;1-2-4-6-5-3-1;;;/h7-13H,1-6H3;6-7H,4H2,1-3H3;1-5H2;2*1H;/q;;;;;+2/p-2. The van der Waals surface area contributed by atoms with Gasteiger partial charge in [0.05, 0.1) is 0 Å². The molecule has 0 nitrogen and oxygen atoms in total. The van der Waals surface area contributed by atoms with Crippen molar-refractivity contribution in [3.05, 3.63) is 90.8 Å². The van der Waals surface area contributed by atoms with Crippen LogP contribution in [0.25, 0.3) is 22.3 Å². The molecule has 0 aliphatic heterocycles. The first-order valence-corrected chi connectivity index (χ1v) is 20.0. The maximum Gasteiger partial charge on any atom is -1.00 e. The van der Waals surface area contributed by atoms with Crippen LogP contribution in [0.15, 0.2) is 57.4 Å². The number of hydrogen-bond donors (Lipinski definition) is 0. The van der Waals surface area contributed by atoms with Gasteiger partial charge in [-0.25, -0.2) is 0 Å². The summed E-state index contributed by atoms with van der Waals surface area (Å²) in [5, 5.41) is 0. The largest absolute Gasteiger partial charge is 1.00 e. The van der Waals surface area contributed by atoms with Crippen molar-refractivity contribution < 1.29 is 46.1 Å². The van der Waals surface area contributed by atoms with Crippen molar-refractivity contribution in [2.45, 2.75) is 115 Å². The van der Waals surface area contributed by atoms with Gasteiger partial charge in [0.25, 0.3) is 0 Å². The van der Waals surface area contributed by atoms with Gasteiger partial charge in [-0.3, -0.25) is 0 Å². The summed E-state index contributed by atoms with van der Waals surface area (Å²) in [6.07, 6.45) is 18.5. The SMILES string of the molecule is CC1=CC(C)(C)c2cc3c(cc21)-c1cc2c(cc1[CH]3[Zr+2]([C]1=CC(C(C)(C)C)=CC1)=[C]1CCCCC1)C(C)(C)C=C2C.[Cl-].[Cl-]. The second-order valence-corrected chi connectivity index (χ2v) is 22.6. The van der Waals surface area contributed by atoms with Crippen molar-refractivity contribution in [2.75, 3.05) is 0 Å². The predicted molar refractivity (Wildman–Crippen MR) is 175 cm³/mol. The molecular formula is C40H48Cl2Zr. The molecule has 1 saturated carbocycles. The van der Waals surface area contributed by atoms with Gasteiger partial charge in [-0.1, -0.05) is 0 Å². The second-order valence-electron chi connectivity index (χ2n) is 15.9. The van der Waals surface area contributed by atoms with Crippen LogP contribution in [0.2, 0.25) is 0 Å². The van der Waals surface area contributed by atoms with E-state index in [2.05, 4.69) is 111 Å². The quantitative estimate of drug-likeness (QED) is 0.409.